The van der Waals surface area contributed by atoms with Crippen LogP contribution in [0, 0.1) is 5.92 Å². The predicted molar refractivity (Wildman–Crippen MR) is 370 cm³/mol. The normalized spacial score (nSPS) is 43.0. The van der Waals surface area contributed by atoms with E-state index in [-0.39, 0.29) is 93.3 Å². The molecule has 22 N–H and O–H groups in total. The van der Waals surface area contributed by atoms with Gasteiger partial charge in [0.05, 0.1) is 83.6 Å². The molecule has 46 heteroatoms. The monoisotopic (exact) mass is 1660 g/mol. The molecule has 0 aromatic carbocycles. The smallest absolute Gasteiger partial charge is 0.238 e. The van der Waals surface area contributed by atoms with E-state index in [1.54, 1.807) is 0 Å². The lowest BCUT2D eigenvalue weighted by Crippen LogP contribution is -2.68. The molecule has 0 aromatic heterocycles. The number of aliphatic hydroxyl groups is 19. The topological polar surface area (TPSA) is 636 Å². The summed E-state index contributed by atoms with van der Waals surface area (Å²) in [6, 6.07) is -0.860. The van der Waals surface area contributed by atoms with Crippen LogP contribution in [0.2, 0.25) is 0 Å². The van der Waals surface area contributed by atoms with Crippen LogP contribution in [0.5, 0.6) is 0 Å². The van der Waals surface area contributed by atoms with Gasteiger partial charge in [0.2, 0.25) is 11.8 Å². The van der Waals surface area contributed by atoms with Gasteiger partial charge in [-0.2, -0.15) is 48.8 Å². The highest BCUT2D eigenvalue weighted by Gasteiger charge is 2.60. The molecule has 0 aromatic rings. The first kappa shape index (κ1) is 92.7. The highest BCUT2D eigenvalue weighted by atomic mass is 32.2. The molecule has 632 valence electrons. The SMILES string of the molecule is CN[C@H](CSCC1O[C@H]2O[C@H]3C(CO)O[C@H](O[C@@H]4C(CO)O[C@H](O[C@@H]5C(CO)O[C@H](O[C@@H]6C(CSC[C@@H](CC(=O)CCOCCOCCC(C)=O)C(=O)NCCS)O[C@H](O[C@@H]7C(CO)O[C@@H](O[C@H]8C(CO)O[C@@H](O[C@@H]1[C@H](O)C2O)C(O)[C@H]8O)C(O)[C@H]7O)C(O)[C@H]6O)C(O)[C@H]5O)C(O)[C@H]4O)C(O)[C@H]3O)C(=O)NCCS. The largest absolute Gasteiger partial charge is 0.394 e. The van der Waals surface area contributed by atoms with Crippen molar-refractivity contribution in [3.63, 3.8) is 0 Å². The van der Waals surface area contributed by atoms with E-state index in [1.165, 1.54) is 14.0 Å². The van der Waals surface area contributed by atoms with Crippen LogP contribution in [0.3, 0.4) is 0 Å². The highest BCUT2D eigenvalue weighted by Crippen LogP contribution is 2.40. The van der Waals surface area contributed by atoms with Gasteiger partial charge in [0.15, 0.2) is 44.0 Å². The Balaban J connectivity index is 1.09. The van der Waals surface area contributed by atoms with E-state index in [9.17, 15) is 116 Å². The van der Waals surface area contributed by atoms with Crippen LogP contribution in [-0.2, 0) is 95.0 Å². The molecule has 14 bridgehead atoms. The molecule has 21 aliphatic rings. The molecule has 0 radical (unpaired) electrons. The number of ketones is 2. The number of likely N-dealkylation sites (N-methyl/N-ethyl adjacent to an activating group) is 1. The van der Waals surface area contributed by atoms with Crippen LogP contribution in [0.15, 0.2) is 0 Å². The Morgan fingerprint density at radius 3 is 0.908 bits per heavy atom. The molecule has 2 amide bonds. The second-order valence-electron chi connectivity index (χ2n) is 27.1. The molecule has 21 rings (SSSR count). The third-order valence-electron chi connectivity index (χ3n) is 19.4. The zero-order valence-electron chi connectivity index (χ0n) is 59.4. The van der Waals surface area contributed by atoms with Gasteiger partial charge in [-0.25, -0.2) is 0 Å². The molecule has 21 heterocycles. The van der Waals surface area contributed by atoms with E-state index in [0.717, 1.165) is 23.5 Å². The second kappa shape index (κ2) is 44.7. The maximum atomic E-state index is 13.7. The fourth-order valence-electron chi connectivity index (χ4n) is 13.3. The Hall–Kier alpha value is -1.76. The highest BCUT2D eigenvalue weighted by molar-refractivity contribution is 7.99. The Bertz CT molecular complexity index is 2740. The third kappa shape index (κ3) is 23.6. The number of Topliss-reactive ketones (excluding diaryl/α,β-unsaturated/α-hetero) is 2. The van der Waals surface area contributed by atoms with E-state index in [4.69, 9.17) is 75.8 Å². The predicted octanol–water partition coefficient (Wildman–Crippen LogP) is -13.1. The van der Waals surface area contributed by atoms with E-state index in [0.29, 0.717) is 5.75 Å². The second-order valence-corrected chi connectivity index (χ2v) is 30.1. The lowest BCUT2D eigenvalue weighted by molar-refractivity contribution is -0.395. The van der Waals surface area contributed by atoms with Crippen LogP contribution >= 0.6 is 48.8 Å². The van der Waals surface area contributed by atoms with Crippen LogP contribution in [0.25, 0.3) is 0 Å². The summed E-state index contributed by atoms with van der Waals surface area (Å²) < 4.78 is 94.6. The molecule has 37 atom stereocenters. The molecule has 14 unspecified atom stereocenters. The molecule has 21 saturated heterocycles. The van der Waals surface area contributed by atoms with Gasteiger partial charge in [-0.15, -0.1) is 0 Å². The first-order valence-corrected chi connectivity index (χ1v) is 39.2. The number of carbonyl (C=O) groups excluding carboxylic acids is 4. The number of hydrogen-bond donors (Lipinski definition) is 24. The van der Waals surface area contributed by atoms with Crippen molar-refractivity contribution in [3.05, 3.63) is 0 Å². The van der Waals surface area contributed by atoms with Gasteiger partial charge >= 0.3 is 0 Å². The van der Waals surface area contributed by atoms with Gasteiger partial charge in [0, 0.05) is 66.9 Å². The molecule has 21 fully saturated rings. The minimum absolute atomic E-state index is 0.0103. The summed E-state index contributed by atoms with van der Waals surface area (Å²) in [6.07, 6.45) is -72.0. The Labute approximate surface area is 644 Å². The number of thiol groups is 2. The molecular formula is C63H107N3O39S4. The van der Waals surface area contributed by atoms with Crippen LogP contribution in [-0.4, -0.2) is 456 Å². The van der Waals surface area contributed by atoms with Gasteiger partial charge in [-0.05, 0) is 14.0 Å². The number of aliphatic hydroxyl groups excluding tert-OH is 19. The van der Waals surface area contributed by atoms with Crippen LogP contribution in [0.4, 0.5) is 0 Å². The summed E-state index contributed by atoms with van der Waals surface area (Å²) >= 11 is 10.2. The quantitative estimate of drug-likeness (QED) is 0.0226. The lowest BCUT2D eigenvalue weighted by atomic mass is 9.95. The maximum absolute atomic E-state index is 13.7. The Kier molecular flexibility index (Phi) is 38.0. The van der Waals surface area contributed by atoms with Crippen molar-refractivity contribution in [2.75, 3.05) is 114 Å². The van der Waals surface area contributed by atoms with Crippen molar-refractivity contribution >= 4 is 72.2 Å². The fourth-order valence-corrected chi connectivity index (χ4v) is 15.9. The summed E-state index contributed by atoms with van der Waals surface area (Å²) in [5.74, 6) is -2.89. The van der Waals surface area contributed by atoms with E-state index in [2.05, 4.69) is 41.2 Å². The molecule has 42 nitrogen and oxygen atoms in total. The zero-order chi connectivity index (χ0) is 79.7. The van der Waals surface area contributed by atoms with Gasteiger partial charge < -0.3 is 189 Å². The lowest BCUT2D eigenvalue weighted by Gasteiger charge is -2.50. The summed E-state index contributed by atoms with van der Waals surface area (Å²) in [5, 5.41) is 227. The van der Waals surface area contributed by atoms with Crippen molar-refractivity contribution in [1.29, 1.82) is 0 Å². The number of thioether (sulfide) groups is 2. The summed E-state index contributed by atoms with van der Waals surface area (Å²) in [4.78, 5) is 51.3. The van der Waals surface area contributed by atoms with Crippen molar-refractivity contribution in [3.8, 4) is 0 Å². The van der Waals surface area contributed by atoms with E-state index >= 15 is 0 Å². The minimum atomic E-state index is -2.29. The number of rotatable bonds is 31. The van der Waals surface area contributed by atoms with Crippen LogP contribution < -0.4 is 16.0 Å². The molecular weight excluding hydrogens is 1550 g/mol. The number of hydrogen-bond acceptors (Lipinski definition) is 44. The van der Waals surface area contributed by atoms with E-state index < -0.39 is 278 Å². The van der Waals surface area contributed by atoms with Gasteiger partial charge in [-0.1, -0.05) is 0 Å². The zero-order valence-corrected chi connectivity index (χ0v) is 62.8. The van der Waals surface area contributed by atoms with Gasteiger partial charge in [-0.3, -0.25) is 19.2 Å². The molecule has 109 heavy (non-hydrogen) atoms. The summed E-state index contributed by atoms with van der Waals surface area (Å²) in [5.41, 5.74) is 0. The van der Waals surface area contributed by atoms with Gasteiger partial charge in [0.1, 0.15) is 170 Å². The first-order valence-electron chi connectivity index (χ1n) is 35.6. The number of ether oxygens (including phenoxy) is 16. The Morgan fingerprint density at radius 1 is 0.367 bits per heavy atom. The molecule has 0 saturated carbocycles. The standard InChI is InChI=1S/C63H107N3O39S4/c1-23(72)3-7-90-9-10-91-8-4-25(73)13-24(55(88)65-5-11-106)19-108-21-32-53-39(79)46(86)62(97-32)102-51-30(17-70)93-59(42(82)35(51)75)101-50-29(16-69)96-61(45(85)38(50)78)105-54-33(22-109-20-26(64-2)56(89)66-6-12-107)98-63(47(87)40(54)80)103-52-31(18-71)94-58(43(83)36(52)76)99-48-27(14-67)92-57(41(81)34(48)74)100-49-28(15-68)95-60(104-53)44(84)37(49)77/h24,26-54,57-64,67-71,74-87,106-107H,3-22H2,1-2H3,(H,65,88)(H,66,89)/t24-,26-,27?,28?,29?,30?,31?,32?,33?,34-,35-,36-,37-,38-,39-,40-,41?,42?,43?,44?,45?,46?,47?,48-,49-,50+,51-,52+,53-,54+,57-,58-,59+,60-,61+,62-,63+/m1/s1. The fraction of sp³-hybridized carbons (Fsp3) is 0.937. The van der Waals surface area contributed by atoms with E-state index in [1.807, 2.05) is 0 Å². The molecule has 0 aliphatic carbocycles. The third-order valence-corrected chi connectivity index (χ3v) is 22.2. The van der Waals surface area contributed by atoms with Crippen molar-refractivity contribution in [2.45, 2.75) is 247 Å². The number of nitrogens with one attached hydrogen (secondary N) is 3. The Morgan fingerprint density at radius 2 is 0.633 bits per heavy atom. The molecule has 21 aliphatic heterocycles. The summed E-state index contributed by atoms with van der Waals surface area (Å²) in [7, 11) is 1.50. The minimum Gasteiger partial charge on any atom is -0.394 e. The van der Waals surface area contributed by atoms with Crippen molar-refractivity contribution in [1.82, 2.24) is 16.0 Å². The van der Waals surface area contributed by atoms with Crippen molar-refractivity contribution < 1.29 is 192 Å². The maximum Gasteiger partial charge on any atom is 0.238 e. The van der Waals surface area contributed by atoms with Gasteiger partial charge in [0.25, 0.3) is 0 Å². The first-order chi connectivity index (χ1) is 52.1. The average Bonchev–Trinajstić information content (AvgIpc) is 0.804. The van der Waals surface area contributed by atoms with Crippen molar-refractivity contribution in [2.24, 2.45) is 5.92 Å². The number of amides is 2. The van der Waals surface area contributed by atoms with Crippen LogP contribution in [0.1, 0.15) is 26.2 Å². The summed E-state index contributed by atoms with van der Waals surface area (Å²) in [6.45, 7) is -3.37. The number of carbonyl (C=O) groups is 4. The molecule has 0 spiro atoms. The average molecular weight is 1660 g/mol.